The van der Waals surface area contributed by atoms with Crippen LogP contribution in [0.15, 0.2) is 24.3 Å². The third-order valence-corrected chi connectivity index (χ3v) is 4.78. The minimum atomic E-state index is 0.532. The van der Waals surface area contributed by atoms with Crippen LogP contribution in [0.25, 0.3) is 0 Å². The molecule has 0 saturated heterocycles. The highest BCUT2D eigenvalue weighted by Crippen LogP contribution is 2.24. The molecule has 4 heteroatoms. The summed E-state index contributed by atoms with van der Waals surface area (Å²) < 4.78 is 5.18. The van der Waals surface area contributed by atoms with Crippen molar-refractivity contribution in [2.45, 2.75) is 45.2 Å². The second kappa shape index (κ2) is 7.64. The van der Waals surface area contributed by atoms with Crippen molar-refractivity contribution in [1.82, 2.24) is 10.2 Å². The van der Waals surface area contributed by atoms with Crippen LogP contribution >= 0.6 is 12.2 Å². The van der Waals surface area contributed by atoms with Crippen molar-refractivity contribution in [3.05, 3.63) is 29.8 Å². The molecule has 3 nitrogen and oxygen atoms in total. The number of ether oxygens (including phenoxy) is 1. The highest BCUT2D eigenvalue weighted by atomic mass is 32.1. The van der Waals surface area contributed by atoms with Gasteiger partial charge in [0.2, 0.25) is 0 Å². The molecule has 1 fully saturated rings. The molecule has 2 rings (SSSR count). The summed E-state index contributed by atoms with van der Waals surface area (Å²) in [5.74, 6) is 1.60. The third-order valence-electron chi connectivity index (χ3n) is 4.35. The van der Waals surface area contributed by atoms with E-state index in [4.69, 9.17) is 17.0 Å². The molecule has 0 spiro atoms. The number of nitrogens with zero attached hydrogens (tertiary/aromatic N) is 1. The van der Waals surface area contributed by atoms with Crippen molar-refractivity contribution in [2.75, 3.05) is 14.2 Å². The summed E-state index contributed by atoms with van der Waals surface area (Å²) in [5.41, 5.74) is 1.24. The second-order valence-electron chi connectivity index (χ2n) is 6.02. The van der Waals surface area contributed by atoms with E-state index >= 15 is 0 Å². The average Bonchev–Trinajstić information content (AvgIpc) is 2.50. The lowest BCUT2D eigenvalue weighted by Gasteiger charge is -2.33. The summed E-state index contributed by atoms with van der Waals surface area (Å²) in [6, 6.07) is 8.68. The maximum absolute atomic E-state index is 5.55. The van der Waals surface area contributed by atoms with Crippen molar-refractivity contribution in [3.8, 4) is 5.75 Å². The monoisotopic (exact) mass is 306 g/mol. The highest BCUT2D eigenvalue weighted by molar-refractivity contribution is 7.80. The Morgan fingerprint density at radius 2 is 1.95 bits per heavy atom. The Kier molecular flexibility index (Phi) is 5.85. The van der Waals surface area contributed by atoms with Crippen LogP contribution in [0.2, 0.25) is 0 Å². The molecule has 0 heterocycles. The van der Waals surface area contributed by atoms with Crippen molar-refractivity contribution in [1.29, 1.82) is 0 Å². The maximum Gasteiger partial charge on any atom is 0.169 e. The van der Waals surface area contributed by atoms with E-state index in [1.807, 2.05) is 19.2 Å². The number of methoxy groups -OCH3 is 1. The molecular weight excluding hydrogens is 280 g/mol. The molecule has 1 aliphatic rings. The summed E-state index contributed by atoms with van der Waals surface area (Å²) in [5, 5.41) is 4.40. The van der Waals surface area contributed by atoms with Gasteiger partial charge in [-0.3, -0.25) is 0 Å². The van der Waals surface area contributed by atoms with Gasteiger partial charge in [0.05, 0.1) is 7.11 Å². The average molecular weight is 306 g/mol. The standard InChI is InChI=1S/C17H26N2OS/c1-13-6-4-5-7-16(13)18-17(21)19(2)12-14-8-10-15(20-3)11-9-14/h8-11,13,16H,4-7,12H2,1-3H3,(H,18,21)/t13-,16+/m0/s1. The molecule has 1 aromatic carbocycles. The van der Waals surface area contributed by atoms with Crippen LogP contribution in [0.5, 0.6) is 5.75 Å². The van der Waals surface area contributed by atoms with E-state index in [0.717, 1.165) is 17.4 Å². The van der Waals surface area contributed by atoms with Gasteiger partial charge < -0.3 is 15.0 Å². The molecule has 0 aliphatic heterocycles. The first kappa shape index (κ1) is 16.1. The molecule has 0 amide bonds. The molecule has 1 N–H and O–H groups in total. The van der Waals surface area contributed by atoms with E-state index in [2.05, 4.69) is 29.3 Å². The number of nitrogens with one attached hydrogen (secondary N) is 1. The molecule has 0 radical (unpaired) electrons. The topological polar surface area (TPSA) is 24.5 Å². The molecule has 21 heavy (non-hydrogen) atoms. The summed E-state index contributed by atoms with van der Waals surface area (Å²) in [7, 11) is 3.73. The lowest BCUT2D eigenvalue weighted by atomic mass is 9.86. The van der Waals surface area contributed by atoms with Crippen molar-refractivity contribution >= 4 is 17.3 Å². The first-order valence-corrected chi connectivity index (χ1v) is 8.15. The van der Waals surface area contributed by atoms with Gasteiger partial charge in [-0.1, -0.05) is 31.9 Å². The van der Waals surface area contributed by atoms with Crippen LogP contribution < -0.4 is 10.1 Å². The molecule has 1 aliphatic carbocycles. The molecular formula is C17H26N2OS. The van der Waals surface area contributed by atoms with Crippen molar-refractivity contribution < 1.29 is 4.74 Å². The molecule has 0 aromatic heterocycles. The highest BCUT2D eigenvalue weighted by Gasteiger charge is 2.22. The minimum absolute atomic E-state index is 0.532. The lowest BCUT2D eigenvalue weighted by molar-refractivity contribution is 0.300. The number of hydrogen-bond donors (Lipinski definition) is 1. The molecule has 0 unspecified atom stereocenters. The van der Waals surface area contributed by atoms with Gasteiger partial charge in [0.25, 0.3) is 0 Å². The Labute approximate surface area is 133 Å². The zero-order valence-corrected chi connectivity index (χ0v) is 14.1. The molecule has 1 aromatic rings. The molecule has 116 valence electrons. The predicted molar refractivity (Wildman–Crippen MR) is 91.6 cm³/mol. The van der Waals surface area contributed by atoms with Gasteiger partial charge in [-0.15, -0.1) is 0 Å². The van der Waals surface area contributed by atoms with E-state index < -0.39 is 0 Å². The quantitative estimate of drug-likeness (QED) is 0.859. The zero-order valence-electron chi connectivity index (χ0n) is 13.3. The van der Waals surface area contributed by atoms with Crippen molar-refractivity contribution in [2.24, 2.45) is 5.92 Å². The van der Waals surface area contributed by atoms with E-state index in [1.54, 1.807) is 7.11 Å². The first-order valence-electron chi connectivity index (χ1n) is 7.74. The Hall–Kier alpha value is -1.29. The number of thiocarbonyl (C=S) groups is 1. The largest absolute Gasteiger partial charge is 0.497 e. The van der Waals surface area contributed by atoms with Gasteiger partial charge >= 0.3 is 0 Å². The molecule has 1 saturated carbocycles. The number of hydrogen-bond acceptors (Lipinski definition) is 2. The van der Waals surface area contributed by atoms with Gasteiger partial charge in [-0.2, -0.15) is 0 Å². The Balaban J connectivity index is 1.86. The van der Waals surface area contributed by atoms with Crippen LogP contribution in [-0.4, -0.2) is 30.2 Å². The van der Waals surface area contributed by atoms with Crippen LogP contribution in [0, 0.1) is 5.92 Å². The van der Waals surface area contributed by atoms with E-state index in [1.165, 1.54) is 31.2 Å². The Bertz CT molecular complexity index is 460. The van der Waals surface area contributed by atoms with E-state index in [0.29, 0.717) is 12.0 Å². The van der Waals surface area contributed by atoms with Crippen LogP contribution in [0.1, 0.15) is 38.2 Å². The van der Waals surface area contributed by atoms with Gasteiger partial charge in [0.1, 0.15) is 5.75 Å². The fourth-order valence-corrected chi connectivity index (χ4v) is 3.09. The first-order chi connectivity index (χ1) is 10.1. The maximum atomic E-state index is 5.55. The second-order valence-corrected chi connectivity index (χ2v) is 6.41. The van der Waals surface area contributed by atoms with Crippen molar-refractivity contribution in [3.63, 3.8) is 0 Å². The van der Waals surface area contributed by atoms with Gasteiger partial charge in [0, 0.05) is 19.6 Å². The fraction of sp³-hybridized carbons (Fsp3) is 0.588. The third kappa shape index (κ3) is 4.60. The van der Waals surface area contributed by atoms with Gasteiger partial charge in [-0.05, 0) is 48.7 Å². The summed E-state index contributed by atoms with van der Waals surface area (Å²) >= 11 is 5.55. The number of benzene rings is 1. The Morgan fingerprint density at radius 3 is 2.57 bits per heavy atom. The smallest absolute Gasteiger partial charge is 0.169 e. The molecule has 2 atom stereocenters. The van der Waals surface area contributed by atoms with E-state index in [-0.39, 0.29) is 0 Å². The number of rotatable bonds is 4. The lowest BCUT2D eigenvalue weighted by Crippen LogP contribution is -2.46. The zero-order chi connectivity index (χ0) is 15.2. The van der Waals surface area contributed by atoms with Gasteiger partial charge in [-0.25, -0.2) is 0 Å². The predicted octanol–water partition coefficient (Wildman–Crippen LogP) is 3.58. The molecule has 0 bridgehead atoms. The van der Waals surface area contributed by atoms with Crippen LogP contribution in [0.4, 0.5) is 0 Å². The minimum Gasteiger partial charge on any atom is -0.497 e. The normalized spacial score (nSPS) is 21.7. The SMILES string of the molecule is COc1ccc(CN(C)C(=S)N[C@@H]2CCCC[C@@H]2C)cc1. The van der Waals surface area contributed by atoms with E-state index in [9.17, 15) is 0 Å². The van der Waals surface area contributed by atoms with Gasteiger partial charge in [0.15, 0.2) is 5.11 Å². The van der Waals surface area contributed by atoms with Crippen LogP contribution in [-0.2, 0) is 6.54 Å². The summed E-state index contributed by atoms with van der Waals surface area (Å²) in [6.45, 7) is 3.14. The fourth-order valence-electron chi connectivity index (χ4n) is 2.88. The Morgan fingerprint density at radius 1 is 1.29 bits per heavy atom. The summed E-state index contributed by atoms with van der Waals surface area (Å²) in [4.78, 5) is 2.11. The van der Waals surface area contributed by atoms with Crippen LogP contribution in [0.3, 0.4) is 0 Å². The summed E-state index contributed by atoms with van der Waals surface area (Å²) in [6.07, 6.45) is 5.21.